The molecule has 1 N–H and O–H groups in total. The molecule has 134 valence electrons. The summed E-state index contributed by atoms with van der Waals surface area (Å²) in [6.45, 7) is 3.81. The summed E-state index contributed by atoms with van der Waals surface area (Å²) in [7, 11) is 1.30. The van der Waals surface area contributed by atoms with Crippen LogP contribution in [0.15, 0.2) is 35.5 Å². The summed E-state index contributed by atoms with van der Waals surface area (Å²) in [5, 5.41) is 7.52. The molecule has 8 nitrogen and oxygen atoms in total. The molecule has 26 heavy (non-hydrogen) atoms. The van der Waals surface area contributed by atoms with Crippen molar-refractivity contribution >= 4 is 35.1 Å². The molecular weight excluding hydrogens is 354 g/mol. The second kappa shape index (κ2) is 7.52. The summed E-state index contributed by atoms with van der Waals surface area (Å²) in [4.78, 5) is 32.6. The van der Waals surface area contributed by atoms with Crippen LogP contribution in [0, 0.1) is 13.8 Å². The third-order valence-corrected chi connectivity index (χ3v) is 4.38. The summed E-state index contributed by atoms with van der Waals surface area (Å²) in [6, 6.07) is 8.58. The Hall–Kier alpha value is -2.94. The first-order valence-electron chi connectivity index (χ1n) is 7.79. The summed E-state index contributed by atoms with van der Waals surface area (Å²) >= 11 is 1.20. The molecule has 0 aliphatic heterocycles. The number of carbonyl (C=O) groups is 2. The van der Waals surface area contributed by atoms with E-state index in [2.05, 4.69) is 20.4 Å². The quantitative estimate of drug-likeness (QED) is 0.542. The molecule has 2 aromatic heterocycles. The van der Waals surface area contributed by atoms with Crippen LogP contribution >= 0.6 is 11.8 Å². The summed E-state index contributed by atoms with van der Waals surface area (Å²) in [5.41, 5.74) is 2.48. The average Bonchev–Trinajstić information content (AvgIpc) is 3.03. The Labute approximate surface area is 154 Å². The van der Waals surface area contributed by atoms with Gasteiger partial charge in [-0.15, -0.1) is 5.10 Å². The Kier molecular flexibility index (Phi) is 5.17. The predicted octanol–water partition coefficient (Wildman–Crippen LogP) is 2.26. The van der Waals surface area contributed by atoms with Crippen molar-refractivity contribution in [2.75, 3.05) is 18.2 Å². The number of esters is 1. The van der Waals surface area contributed by atoms with Crippen molar-refractivity contribution < 1.29 is 14.3 Å². The van der Waals surface area contributed by atoms with E-state index in [9.17, 15) is 9.59 Å². The summed E-state index contributed by atoms with van der Waals surface area (Å²) < 4.78 is 6.36. The summed E-state index contributed by atoms with van der Waals surface area (Å²) in [6.07, 6.45) is 0. The molecule has 9 heteroatoms. The molecule has 0 bridgehead atoms. The number of amides is 1. The number of thioether (sulfide) groups is 1. The van der Waals surface area contributed by atoms with Gasteiger partial charge in [-0.25, -0.2) is 14.3 Å². The van der Waals surface area contributed by atoms with E-state index in [4.69, 9.17) is 4.74 Å². The van der Waals surface area contributed by atoms with Gasteiger partial charge in [0, 0.05) is 11.4 Å². The highest BCUT2D eigenvalue weighted by Crippen LogP contribution is 2.19. The van der Waals surface area contributed by atoms with Gasteiger partial charge in [-0.05, 0) is 32.0 Å². The van der Waals surface area contributed by atoms with Gasteiger partial charge in [-0.1, -0.05) is 23.9 Å². The van der Waals surface area contributed by atoms with Crippen LogP contribution in [0.3, 0.4) is 0 Å². The lowest BCUT2D eigenvalue weighted by Crippen LogP contribution is -2.17. The number of ether oxygens (including phenoxy) is 1. The standard InChI is InChI=1S/C17H17N5O3S/c1-10-8-11(2)22-16(18-10)20-17(21-22)26-9-14(23)19-13-7-5-4-6-12(13)15(24)25-3/h4-8H,9H2,1-3H3,(H,19,23). The van der Waals surface area contributed by atoms with Crippen LogP contribution in [0.5, 0.6) is 0 Å². The molecule has 0 atom stereocenters. The second-order valence-electron chi connectivity index (χ2n) is 5.52. The van der Waals surface area contributed by atoms with Gasteiger partial charge >= 0.3 is 5.97 Å². The minimum Gasteiger partial charge on any atom is -0.465 e. The highest BCUT2D eigenvalue weighted by molar-refractivity contribution is 7.99. The minimum absolute atomic E-state index is 0.102. The maximum absolute atomic E-state index is 12.2. The highest BCUT2D eigenvalue weighted by Gasteiger charge is 2.15. The normalized spacial score (nSPS) is 10.7. The van der Waals surface area contributed by atoms with Gasteiger partial charge in [0.25, 0.3) is 5.78 Å². The number of nitrogens with one attached hydrogen (secondary N) is 1. The fraction of sp³-hybridized carbons (Fsp3) is 0.235. The number of aryl methyl sites for hydroxylation is 2. The number of fused-ring (bicyclic) bond motifs is 1. The SMILES string of the molecule is COC(=O)c1ccccc1NC(=O)CSc1nc2nc(C)cc(C)n2n1. The number of nitrogens with zero attached hydrogens (tertiary/aromatic N) is 4. The highest BCUT2D eigenvalue weighted by atomic mass is 32.2. The molecular formula is C17H17N5O3S. The molecule has 0 saturated carbocycles. The van der Waals surface area contributed by atoms with Gasteiger partial charge in [0.1, 0.15) is 0 Å². The molecule has 1 amide bonds. The molecule has 2 heterocycles. The van der Waals surface area contributed by atoms with E-state index < -0.39 is 5.97 Å². The zero-order chi connectivity index (χ0) is 18.7. The zero-order valence-corrected chi connectivity index (χ0v) is 15.3. The fourth-order valence-electron chi connectivity index (χ4n) is 2.41. The topological polar surface area (TPSA) is 98.5 Å². The predicted molar refractivity (Wildman–Crippen MR) is 97.4 cm³/mol. The van der Waals surface area contributed by atoms with Crippen LogP contribution in [-0.2, 0) is 9.53 Å². The molecule has 3 rings (SSSR count). The van der Waals surface area contributed by atoms with E-state index in [-0.39, 0.29) is 11.7 Å². The van der Waals surface area contributed by atoms with Crippen molar-refractivity contribution in [2.24, 2.45) is 0 Å². The number of carbonyl (C=O) groups excluding carboxylic acids is 2. The van der Waals surface area contributed by atoms with E-state index in [1.165, 1.54) is 18.9 Å². The lowest BCUT2D eigenvalue weighted by atomic mass is 10.2. The van der Waals surface area contributed by atoms with Crippen LogP contribution in [-0.4, -0.2) is 44.3 Å². The van der Waals surface area contributed by atoms with E-state index in [1.54, 1.807) is 28.8 Å². The second-order valence-corrected chi connectivity index (χ2v) is 6.46. The number of methoxy groups -OCH3 is 1. The van der Waals surface area contributed by atoms with Crippen LogP contribution in [0.1, 0.15) is 21.7 Å². The summed E-state index contributed by atoms with van der Waals surface area (Å²) in [5.74, 6) is -0.176. The van der Waals surface area contributed by atoms with Gasteiger partial charge in [0.15, 0.2) is 0 Å². The van der Waals surface area contributed by atoms with Crippen molar-refractivity contribution in [3.05, 3.63) is 47.3 Å². The number of benzene rings is 1. The Morgan fingerprint density at radius 1 is 1.23 bits per heavy atom. The van der Waals surface area contributed by atoms with Gasteiger partial charge in [0.2, 0.25) is 11.1 Å². The van der Waals surface area contributed by atoms with Crippen LogP contribution in [0.2, 0.25) is 0 Å². The average molecular weight is 371 g/mol. The Morgan fingerprint density at radius 2 is 2.00 bits per heavy atom. The largest absolute Gasteiger partial charge is 0.465 e. The van der Waals surface area contributed by atoms with Crippen LogP contribution in [0.4, 0.5) is 5.69 Å². The Balaban J connectivity index is 1.68. The molecule has 1 aromatic carbocycles. The van der Waals surface area contributed by atoms with Crippen molar-refractivity contribution in [1.82, 2.24) is 19.6 Å². The number of hydrogen-bond acceptors (Lipinski definition) is 7. The zero-order valence-electron chi connectivity index (χ0n) is 14.5. The van der Waals surface area contributed by atoms with E-state index in [1.807, 2.05) is 19.9 Å². The lowest BCUT2D eigenvalue weighted by molar-refractivity contribution is -0.113. The number of anilines is 1. The molecule has 0 fully saturated rings. The van der Waals surface area contributed by atoms with Gasteiger partial charge in [-0.3, -0.25) is 4.79 Å². The molecule has 0 aliphatic carbocycles. The molecule has 0 saturated heterocycles. The number of aromatic nitrogens is 4. The number of hydrogen-bond donors (Lipinski definition) is 1. The minimum atomic E-state index is -0.507. The molecule has 3 aromatic rings. The van der Waals surface area contributed by atoms with Crippen molar-refractivity contribution in [3.8, 4) is 0 Å². The first-order valence-corrected chi connectivity index (χ1v) is 8.77. The van der Waals surface area contributed by atoms with Gasteiger partial charge in [0.05, 0.1) is 24.1 Å². The monoisotopic (exact) mass is 371 g/mol. The smallest absolute Gasteiger partial charge is 0.339 e. The number of para-hydroxylation sites is 1. The van der Waals surface area contributed by atoms with Crippen LogP contribution < -0.4 is 5.32 Å². The van der Waals surface area contributed by atoms with E-state index in [0.29, 0.717) is 22.2 Å². The lowest BCUT2D eigenvalue weighted by Gasteiger charge is -2.08. The number of rotatable bonds is 5. The van der Waals surface area contributed by atoms with Crippen molar-refractivity contribution in [3.63, 3.8) is 0 Å². The molecule has 0 spiro atoms. The van der Waals surface area contributed by atoms with Crippen molar-refractivity contribution in [2.45, 2.75) is 19.0 Å². The molecule has 0 radical (unpaired) electrons. The fourth-order valence-corrected chi connectivity index (χ4v) is 3.02. The van der Waals surface area contributed by atoms with Crippen molar-refractivity contribution in [1.29, 1.82) is 0 Å². The molecule has 0 unspecified atom stereocenters. The van der Waals surface area contributed by atoms with E-state index in [0.717, 1.165) is 11.4 Å². The van der Waals surface area contributed by atoms with Crippen LogP contribution in [0.25, 0.3) is 5.78 Å². The van der Waals surface area contributed by atoms with Gasteiger partial charge in [-0.2, -0.15) is 4.98 Å². The first-order chi connectivity index (χ1) is 12.5. The molecule has 0 aliphatic rings. The van der Waals surface area contributed by atoms with Gasteiger partial charge < -0.3 is 10.1 Å². The maximum atomic E-state index is 12.2. The third-order valence-electron chi connectivity index (χ3n) is 3.54. The van der Waals surface area contributed by atoms with E-state index >= 15 is 0 Å². The first kappa shape index (κ1) is 17.9. The maximum Gasteiger partial charge on any atom is 0.339 e. The Bertz CT molecular complexity index is 986. The Morgan fingerprint density at radius 3 is 2.77 bits per heavy atom. The third kappa shape index (κ3) is 3.83.